The molecule has 17 heavy (non-hydrogen) atoms. The monoisotopic (exact) mass is 286 g/mol. The number of nitrogens with zero attached hydrogens (tertiary/aromatic N) is 2. The van der Waals surface area contributed by atoms with Crippen LogP contribution < -0.4 is 11.4 Å². The third-order valence-corrected chi connectivity index (χ3v) is 2.50. The third kappa shape index (κ3) is 2.67. The molecule has 0 amide bonds. The Hall–Kier alpha value is -0.934. The van der Waals surface area contributed by atoms with E-state index >= 15 is 0 Å². The second kappa shape index (κ2) is 5.60. The van der Waals surface area contributed by atoms with Crippen LogP contribution in [0, 0.1) is 0 Å². The van der Waals surface area contributed by atoms with Gasteiger partial charge in [-0.1, -0.05) is 0 Å². The van der Waals surface area contributed by atoms with Crippen LogP contribution in [-0.2, 0) is 26.3 Å². The molecule has 0 unspecified atom stereocenters. The zero-order valence-electron chi connectivity index (χ0n) is 9.07. The molecule has 1 aromatic heterocycles. The molecule has 1 aliphatic heterocycles. The molecular weight excluding hydrogens is 273 g/mol. The summed E-state index contributed by atoms with van der Waals surface area (Å²) >= 11 is 0. The van der Waals surface area contributed by atoms with Gasteiger partial charge in [0.1, 0.15) is 18.0 Å². The summed E-state index contributed by atoms with van der Waals surface area (Å²) in [4.78, 5) is 15.1. The SMILES string of the molecule is CO[C@H]1[C@H](n2ccc(N)nc2=O)OC[C@@H]1O.[Co]. The Bertz CT molecular complexity index is 438. The van der Waals surface area contributed by atoms with Crippen LogP contribution in [0.2, 0.25) is 0 Å². The normalized spacial score (nSPS) is 27.8. The van der Waals surface area contributed by atoms with Crippen molar-refractivity contribution in [2.24, 2.45) is 0 Å². The second-order valence-electron chi connectivity index (χ2n) is 3.53. The van der Waals surface area contributed by atoms with Gasteiger partial charge in [0.15, 0.2) is 6.23 Å². The fourth-order valence-electron chi connectivity index (χ4n) is 1.71. The number of ether oxygens (including phenoxy) is 2. The molecule has 1 aromatic rings. The first-order chi connectivity index (χ1) is 7.63. The summed E-state index contributed by atoms with van der Waals surface area (Å²) < 4.78 is 11.6. The average molecular weight is 286 g/mol. The molecule has 3 N–H and O–H groups in total. The average Bonchev–Trinajstić information content (AvgIpc) is 2.59. The Morgan fingerprint density at radius 3 is 3.00 bits per heavy atom. The van der Waals surface area contributed by atoms with Gasteiger partial charge in [0.2, 0.25) is 0 Å². The van der Waals surface area contributed by atoms with Gasteiger partial charge in [0.05, 0.1) is 6.61 Å². The number of methoxy groups -OCH3 is 1. The Morgan fingerprint density at radius 2 is 2.41 bits per heavy atom. The minimum atomic E-state index is -0.751. The van der Waals surface area contributed by atoms with Crippen LogP contribution >= 0.6 is 0 Å². The van der Waals surface area contributed by atoms with Crippen molar-refractivity contribution in [1.82, 2.24) is 9.55 Å². The number of aliphatic hydroxyl groups is 1. The molecule has 0 saturated carbocycles. The van der Waals surface area contributed by atoms with Crippen molar-refractivity contribution in [2.75, 3.05) is 19.5 Å². The molecule has 0 aromatic carbocycles. The Labute approximate surface area is 108 Å². The molecule has 0 aliphatic carbocycles. The molecule has 1 fully saturated rings. The smallest absolute Gasteiger partial charge is 0.351 e. The summed E-state index contributed by atoms with van der Waals surface area (Å²) in [5.41, 5.74) is 4.85. The van der Waals surface area contributed by atoms with Crippen LogP contribution in [0.5, 0.6) is 0 Å². The Morgan fingerprint density at radius 1 is 1.71 bits per heavy atom. The van der Waals surface area contributed by atoms with Gasteiger partial charge in [-0.05, 0) is 6.07 Å². The van der Waals surface area contributed by atoms with E-state index in [2.05, 4.69) is 4.98 Å². The van der Waals surface area contributed by atoms with Gasteiger partial charge in [0, 0.05) is 30.1 Å². The molecule has 7 nitrogen and oxygen atoms in total. The quantitative estimate of drug-likeness (QED) is 0.703. The predicted molar refractivity (Wildman–Crippen MR) is 54.7 cm³/mol. The minimum absolute atomic E-state index is 0. The topological polar surface area (TPSA) is 99.6 Å². The van der Waals surface area contributed by atoms with E-state index in [0.717, 1.165) is 0 Å². The third-order valence-electron chi connectivity index (χ3n) is 2.50. The molecule has 1 aliphatic rings. The zero-order chi connectivity index (χ0) is 11.7. The Balaban J connectivity index is 0.00000144. The number of nitrogens with two attached hydrogens (primary N) is 1. The number of hydrogen-bond acceptors (Lipinski definition) is 6. The summed E-state index contributed by atoms with van der Waals surface area (Å²) in [7, 11) is 1.45. The number of nitrogen functional groups attached to an aromatic ring is 1. The van der Waals surface area contributed by atoms with Crippen LogP contribution in [0.15, 0.2) is 17.1 Å². The first-order valence-electron chi connectivity index (χ1n) is 4.80. The van der Waals surface area contributed by atoms with E-state index in [0.29, 0.717) is 0 Å². The number of hydrogen-bond donors (Lipinski definition) is 2. The number of anilines is 1. The van der Waals surface area contributed by atoms with Crippen molar-refractivity contribution in [1.29, 1.82) is 0 Å². The van der Waals surface area contributed by atoms with Gasteiger partial charge in [-0.3, -0.25) is 4.57 Å². The first-order valence-corrected chi connectivity index (χ1v) is 4.80. The Kier molecular flexibility index (Phi) is 4.66. The van der Waals surface area contributed by atoms with E-state index in [4.69, 9.17) is 15.2 Å². The molecule has 8 heteroatoms. The summed E-state index contributed by atoms with van der Waals surface area (Å²) in [5.74, 6) is 0.147. The maximum Gasteiger partial charge on any atom is 0.351 e. The molecule has 3 atom stereocenters. The zero-order valence-corrected chi connectivity index (χ0v) is 10.1. The van der Waals surface area contributed by atoms with Gasteiger partial charge < -0.3 is 20.3 Å². The van der Waals surface area contributed by atoms with Gasteiger partial charge >= 0.3 is 5.69 Å². The minimum Gasteiger partial charge on any atom is -0.388 e. The van der Waals surface area contributed by atoms with Crippen molar-refractivity contribution in [3.63, 3.8) is 0 Å². The summed E-state index contributed by atoms with van der Waals surface area (Å²) in [6.45, 7) is 0.125. The molecule has 0 spiro atoms. The number of rotatable bonds is 2. The van der Waals surface area contributed by atoms with E-state index in [-0.39, 0.29) is 29.2 Å². The van der Waals surface area contributed by atoms with Crippen LogP contribution in [0.4, 0.5) is 5.82 Å². The summed E-state index contributed by atoms with van der Waals surface area (Å²) in [5, 5.41) is 9.56. The fraction of sp³-hybridized carbons (Fsp3) is 0.556. The van der Waals surface area contributed by atoms with Crippen LogP contribution in [0.1, 0.15) is 6.23 Å². The maximum atomic E-state index is 11.5. The van der Waals surface area contributed by atoms with Crippen molar-refractivity contribution < 1.29 is 31.4 Å². The standard InChI is InChI=1S/C9H13N3O4.Co/c1-15-7-5(13)4-16-8(7)12-3-2-6(10)11-9(12)14;/h2-3,5,7-8,13H,4H2,1H3,(H2,10,11,14);/t5-,7+,8+;/m0./s1. The van der Waals surface area contributed by atoms with Crippen LogP contribution in [-0.4, -0.2) is 40.6 Å². The molecule has 1 radical (unpaired) electrons. The van der Waals surface area contributed by atoms with Crippen molar-refractivity contribution in [3.8, 4) is 0 Å². The van der Waals surface area contributed by atoms with E-state index in [1.165, 1.54) is 23.9 Å². The van der Waals surface area contributed by atoms with Gasteiger partial charge in [-0.15, -0.1) is 0 Å². The van der Waals surface area contributed by atoms with E-state index < -0.39 is 24.1 Å². The first kappa shape index (κ1) is 14.1. The van der Waals surface area contributed by atoms with Gasteiger partial charge in [-0.2, -0.15) is 4.98 Å². The maximum absolute atomic E-state index is 11.5. The molecule has 97 valence electrons. The molecule has 2 rings (SSSR count). The summed E-state index contributed by atoms with van der Waals surface area (Å²) in [6.07, 6.45) is -0.525. The summed E-state index contributed by atoms with van der Waals surface area (Å²) in [6, 6.07) is 1.49. The predicted octanol–water partition coefficient (Wildman–Crippen LogP) is -1.27. The van der Waals surface area contributed by atoms with E-state index in [9.17, 15) is 9.90 Å². The van der Waals surface area contributed by atoms with E-state index in [1.54, 1.807) is 0 Å². The fourth-order valence-corrected chi connectivity index (χ4v) is 1.71. The van der Waals surface area contributed by atoms with Crippen molar-refractivity contribution in [3.05, 3.63) is 22.7 Å². The molecular formula is C9H13CoN3O4. The van der Waals surface area contributed by atoms with Crippen molar-refractivity contribution >= 4 is 5.82 Å². The van der Waals surface area contributed by atoms with Gasteiger partial charge in [-0.25, -0.2) is 4.79 Å². The molecule has 1 saturated heterocycles. The molecule has 2 heterocycles. The van der Waals surface area contributed by atoms with E-state index in [1.807, 2.05) is 0 Å². The second-order valence-corrected chi connectivity index (χ2v) is 3.53. The van der Waals surface area contributed by atoms with Crippen LogP contribution in [0.3, 0.4) is 0 Å². The van der Waals surface area contributed by atoms with Crippen LogP contribution in [0.25, 0.3) is 0 Å². The van der Waals surface area contributed by atoms with Crippen molar-refractivity contribution in [2.45, 2.75) is 18.4 Å². The largest absolute Gasteiger partial charge is 0.388 e. The number of aliphatic hydroxyl groups excluding tert-OH is 1. The van der Waals surface area contributed by atoms with Gasteiger partial charge in [0.25, 0.3) is 0 Å². The number of aromatic nitrogens is 2. The molecule has 0 bridgehead atoms.